The Labute approximate surface area is 94.8 Å². The number of aromatic nitrogens is 2. The lowest BCUT2D eigenvalue weighted by molar-refractivity contribution is 0.415. The molecule has 0 radical (unpaired) electrons. The smallest absolute Gasteiger partial charge is 0.176 e. The lowest BCUT2D eigenvalue weighted by atomic mass is 10.6. The van der Waals surface area contributed by atoms with Gasteiger partial charge in [-0.1, -0.05) is 23.2 Å². The van der Waals surface area contributed by atoms with E-state index in [1.165, 1.54) is 11.3 Å². The minimum atomic E-state index is 0.450. The van der Waals surface area contributed by atoms with Crippen LogP contribution in [0.4, 0.5) is 0 Å². The van der Waals surface area contributed by atoms with Crippen molar-refractivity contribution >= 4 is 34.5 Å². The fourth-order valence-electron chi connectivity index (χ4n) is 1.03. The summed E-state index contributed by atoms with van der Waals surface area (Å²) in [6, 6.07) is 3.65. The summed E-state index contributed by atoms with van der Waals surface area (Å²) in [5.41, 5.74) is 0. The third-order valence-corrected chi connectivity index (χ3v) is 3.22. The molecule has 0 N–H and O–H groups in total. The molecular weight excluding hydrogens is 243 g/mol. The van der Waals surface area contributed by atoms with Crippen molar-refractivity contribution in [3.05, 3.63) is 27.8 Å². The van der Waals surface area contributed by atoms with Crippen molar-refractivity contribution in [1.29, 1.82) is 0 Å². The largest absolute Gasteiger partial charge is 0.492 e. The van der Waals surface area contributed by atoms with Crippen LogP contribution in [0.25, 0.3) is 5.00 Å². The monoisotopic (exact) mass is 248 g/mol. The normalized spacial score (nSPS) is 10.5. The molecule has 2 rings (SSSR count). The SMILES string of the molecule is COc1cnn(-c2ccc(Cl)s2)c1Cl. The standard InChI is InChI=1S/C8H6Cl2N2OS/c1-13-5-4-11-12(8(5)10)7-3-2-6(9)14-7/h2-4H,1H3. The number of hydrogen-bond donors (Lipinski definition) is 0. The van der Waals surface area contributed by atoms with E-state index in [-0.39, 0.29) is 0 Å². The fraction of sp³-hybridized carbons (Fsp3) is 0.125. The van der Waals surface area contributed by atoms with Crippen molar-refractivity contribution in [2.45, 2.75) is 0 Å². The third kappa shape index (κ3) is 1.61. The molecule has 3 nitrogen and oxygen atoms in total. The van der Waals surface area contributed by atoms with Crippen molar-refractivity contribution in [3.63, 3.8) is 0 Å². The Kier molecular flexibility index (Phi) is 2.67. The van der Waals surface area contributed by atoms with E-state index < -0.39 is 0 Å². The zero-order chi connectivity index (χ0) is 10.1. The van der Waals surface area contributed by atoms with Crippen LogP contribution >= 0.6 is 34.5 Å². The van der Waals surface area contributed by atoms with E-state index >= 15 is 0 Å². The van der Waals surface area contributed by atoms with Gasteiger partial charge in [0.15, 0.2) is 10.9 Å². The zero-order valence-electron chi connectivity index (χ0n) is 7.20. The van der Waals surface area contributed by atoms with Gasteiger partial charge in [-0.3, -0.25) is 0 Å². The molecule has 2 heterocycles. The lowest BCUT2D eigenvalue weighted by Crippen LogP contribution is -1.92. The maximum Gasteiger partial charge on any atom is 0.176 e. The van der Waals surface area contributed by atoms with E-state index in [0.29, 0.717) is 15.2 Å². The molecule has 0 saturated heterocycles. The van der Waals surface area contributed by atoms with E-state index in [4.69, 9.17) is 27.9 Å². The van der Waals surface area contributed by atoms with Crippen molar-refractivity contribution in [3.8, 4) is 10.8 Å². The van der Waals surface area contributed by atoms with Gasteiger partial charge < -0.3 is 4.74 Å². The zero-order valence-corrected chi connectivity index (χ0v) is 9.53. The fourth-order valence-corrected chi connectivity index (χ4v) is 2.34. The predicted octanol–water partition coefficient (Wildman–Crippen LogP) is 3.25. The summed E-state index contributed by atoms with van der Waals surface area (Å²) in [4.78, 5) is 0. The van der Waals surface area contributed by atoms with E-state index in [1.54, 1.807) is 24.1 Å². The molecule has 0 saturated carbocycles. The van der Waals surface area contributed by atoms with Gasteiger partial charge >= 0.3 is 0 Å². The van der Waals surface area contributed by atoms with Crippen molar-refractivity contribution < 1.29 is 4.74 Å². The minimum absolute atomic E-state index is 0.450. The average Bonchev–Trinajstić information content (AvgIpc) is 2.72. The number of thiophene rings is 1. The molecule has 74 valence electrons. The quantitative estimate of drug-likeness (QED) is 0.816. The highest BCUT2D eigenvalue weighted by Gasteiger charge is 2.11. The summed E-state index contributed by atoms with van der Waals surface area (Å²) in [6.07, 6.45) is 1.57. The van der Waals surface area contributed by atoms with Gasteiger partial charge in [0.25, 0.3) is 0 Å². The number of hydrogen-bond acceptors (Lipinski definition) is 3. The molecule has 14 heavy (non-hydrogen) atoms. The Hall–Kier alpha value is -0.710. The summed E-state index contributed by atoms with van der Waals surface area (Å²) in [6.45, 7) is 0. The molecule has 0 amide bonds. The summed E-state index contributed by atoms with van der Waals surface area (Å²) in [7, 11) is 1.55. The molecule has 0 spiro atoms. The van der Waals surface area contributed by atoms with Crippen LogP contribution in [0, 0.1) is 0 Å². The van der Waals surface area contributed by atoms with Gasteiger partial charge in [0, 0.05) is 0 Å². The molecule has 2 aromatic rings. The van der Waals surface area contributed by atoms with Crippen LogP contribution < -0.4 is 4.74 Å². The average molecular weight is 249 g/mol. The molecule has 0 aliphatic heterocycles. The molecule has 0 aromatic carbocycles. The van der Waals surface area contributed by atoms with Gasteiger partial charge in [-0.05, 0) is 12.1 Å². The maximum absolute atomic E-state index is 6.01. The Bertz CT molecular complexity index is 452. The Morgan fingerprint density at radius 1 is 1.43 bits per heavy atom. The van der Waals surface area contributed by atoms with E-state index in [9.17, 15) is 0 Å². The summed E-state index contributed by atoms with van der Waals surface area (Å²) < 4.78 is 7.29. The third-order valence-electron chi connectivity index (χ3n) is 1.67. The van der Waals surface area contributed by atoms with Crippen LogP contribution in [0.15, 0.2) is 18.3 Å². The van der Waals surface area contributed by atoms with Gasteiger partial charge in [-0.2, -0.15) is 5.10 Å². The summed E-state index contributed by atoms with van der Waals surface area (Å²) in [5, 5.41) is 5.40. The molecule has 0 aliphatic carbocycles. The van der Waals surface area contributed by atoms with E-state index in [0.717, 1.165) is 5.00 Å². The van der Waals surface area contributed by atoms with Gasteiger partial charge in [-0.15, -0.1) is 11.3 Å². The number of halogens is 2. The molecule has 0 atom stereocenters. The minimum Gasteiger partial charge on any atom is -0.492 e. The Morgan fingerprint density at radius 2 is 2.21 bits per heavy atom. The number of ether oxygens (including phenoxy) is 1. The van der Waals surface area contributed by atoms with Crippen LogP contribution in [0.3, 0.4) is 0 Å². The van der Waals surface area contributed by atoms with Crippen molar-refractivity contribution in [1.82, 2.24) is 9.78 Å². The summed E-state index contributed by atoms with van der Waals surface area (Å²) >= 11 is 13.2. The molecule has 0 aliphatic rings. The number of rotatable bonds is 2. The summed E-state index contributed by atoms with van der Waals surface area (Å²) in [5.74, 6) is 0.552. The van der Waals surface area contributed by atoms with Gasteiger partial charge in [0.05, 0.1) is 17.6 Å². The molecule has 0 fully saturated rings. The number of nitrogens with zero attached hydrogens (tertiary/aromatic N) is 2. The first-order valence-electron chi connectivity index (χ1n) is 3.75. The molecule has 0 bridgehead atoms. The highest BCUT2D eigenvalue weighted by molar-refractivity contribution is 7.18. The first kappa shape index (κ1) is 9.83. The first-order chi connectivity index (χ1) is 6.72. The Balaban J connectivity index is 2.46. The maximum atomic E-state index is 6.01. The second-order valence-electron chi connectivity index (χ2n) is 2.49. The molecular formula is C8H6Cl2N2OS. The van der Waals surface area contributed by atoms with Gasteiger partial charge in [0.1, 0.15) is 5.00 Å². The highest BCUT2D eigenvalue weighted by Crippen LogP contribution is 2.31. The van der Waals surface area contributed by atoms with Gasteiger partial charge in [0.2, 0.25) is 0 Å². The topological polar surface area (TPSA) is 27.1 Å². The molecule has 2 aromatic heterocycles. The second kappa shape index (κ2) is 3.81. The Morgan fingerprint density at radius 3 is 2.71 bits per heavy atom. The van der Waals surface area contributed by atoms with Crippen LogP contribution in [0.5, 0.6) is 5.75 Å². The lowest BCUT2D eigenvalue weighted by Gasteiger charge is -1.98. The first-order valence-corrected chi connectivity index (χ1v) is 5.33. The van der Waals surface area contributed by atoms with Crippen LogP contribution in [-0.4, -0.2) is 16.9 Å². The molecule has 6 heteroatoms. The highest BCUT2D eigenvalue weighted by atomic mass is 35.5. The number of methoxy groups -OCH3 is 1. The van der Waals surface area contributed by atoms with E-state index in [2.05, 4.69) is 5.10 Å². The predicted molar refractivity (Wildman–Crippen MR) is 58.0 cm³/mol. The molecule has 0 unspecified atom stereocenters. The van der Waals surface area contributed by atoms with Crippen LogP contribution in [0.2, 0.25) is 9.49 Å². The van der Waals surface area contributed by atoms with Crippen LogP contribution in [0.1, 0.15) is 0 Å². The second-order valence-corrected chi connectivity index (χ2v) is 4.54. The van der Waals surface area contributed by atoms with E-state index in [1.807, 2.05) is 6.07 Å². The van der Waals surface area contributed by atoms with Crippen molar-refractivity contribution in [2.24, 2.45) is 0 Å². The van der Waals surface area contributed by atoms with Crippen molar-refractivity contribution in [2.75, 3.05) is 7.11 Å². The van der Waals surface area contributed by atoms with Crippen LogP contribution in [-0.2, 0) is 0 Å². The van der Waals surface area contributed by atoms with Gasteiger partial charge in [-0.25, -0.2) is 4.68 Å².